The van der Waals surface area contributed by atoms with Gasteiger partial charge in [0, 0.05) is 69.3 Å². The zero-order valence-electron chi connectivity index (χ0n) is 55.8. The van der Waals surface area contributed by atoms with Crippen LogP contribution in [-0.4, -0.2) is 63.0 Å². The number of hydrogen-bond donors (Lipinski definition) is 0. The quantitative estimate of drug-likeness (QED) is 0.0174. The van der Waals surface area contributed by atoms with E-state index in [0.717, 1.165) is 196 Å². The molecule has 98 heavy (non-hydrogen) atoms. The highest BCUT2D eigenvalue weighted by molar-refractivity contribution is 7.35. The number of aromatic nitrogens is 4. The van der Waals surface area contributed by atoms with Crippen LogP contribution in [0.1, 0.15) is 191 Å². The maximum absolute atomic E-state index is 15.2. The highest BCUT2D eigenvalue weighted by Gasteiger charge is 2.39. The molecule has 0 bridgehead atoms. The smallest absolute Gasteiger partial charge is 0.194 e. The number of aryl methyl sites for hydroxylation is 1. The topological polar surface area (TPSA) is 193 Å². The molecule has 0 amide bonds. The number of allylic oxidation sites excluding steroid dienone is 6. The van der Waals surface area contributed by atoms with Crippen LogP contribution >= 0.6 is 57.1 Å². The predicted molar refractivity (Wildman–Crippen MR) is 389 cm³/mol. The van der Waals surface area contributed by atoms with Crippen LogP contribution < -0.4 is 4.74 Å². The first-order valence-corrected chi connectivity index (χ1v) is 38.1. The van der Waals surface area contributed by atoms with Crippen LogP contribution in [0.25, 0.3) is 95.4 Å². The second-order valence-corrected chi connectivity index (χ2v) is 30.1. The van der Waals surface area contributed by atoms with Crippen LogP contribution in [0.2, 0.25) is 0 Å². The molecule has 3 aromatic carbocycles. The minimum Gasteiger partial charge on any atom is -0.488 e. The Kier molecular flexibility index (Phi) is 21.9. The van der Waals surface area contributed by atoms with Crippen molar-refractivity contribution < 1.29 is 41.4 Å². The molecule has 0 fully saturated rings. The Balaban J connectivity index is 1.16. The third kappa shape index (κ3) is 12.7. The van der Waals surface area contributed by atoms with E-state index >= 15 is 17.6 Å². The van der Waals surface area contributed by atoms with Crippen molar-refractivity contribution in [1.29, 1.82) is 21.0 Å². The Morgan fingerprint density at radius 2 is 0.959 bits per heavy atom. The van der Waals surface area contributed by atoms with Gasteiger partial charge in [0.1, 0.15) is 53.1 Å². The molecule has 22 heteroatoms. The molecule has 506 valence electrons. The van der Waals surface area contributed by atoms with Crippen LogP contribution in [0, 0.1) is 80.4 Å². The largest absolute Gasteiger partial charge is 0.488 e. The third-order valence-corrected chi connectivity index (χ3v) is 24.9. The van der Waals surface area contributed by atoms with Gasteiger partial charge in [-0.25, -0.2) is 17.6 Å². The van der Waals surface area contributed by atoms with Crippen molar-refractivity contribution in [3.05, 3.63) is 107 Å². The van der Waals surface area contributed by atoms with Gasteiger partial charge in [-0.05, 0) is 90.6 Å². The van der Waals surface area contributed by atoms with Gasteiger partial charge in [0.05, 0.1) is 86.7 Å². The first-order valence-electron chi connectivity index (χ1n) is 34.1. The van der Waals surface area contributed by atoms with E-state index < -0.39 is 40.4 Å². The third-order valence-electron chi connectivity index (χ3n) is 19.4. The molecule has 0 spiro atoms. The summed E-state index contributed by atoms with van der Waals surface area (Å²) in [5, 5.41) is 43.4. The predicted octanol–water partition coefficient (Wildman–Crippen LogP) is 21.7. The van der Waals surface area contributed by atoms with E-state index in [1.54, 1.807) is 53.3 Å². The van der Waals surface area contributed by atoms with Crippen molar-refractivity contribution >= 4 is 164 Å². The lowest BCUT2D eigenvalue weighted by Gasteiger charge is -2.20. The molecular formula is C76H74F4N8O5S5. The fourth-order valence-electron chi connectivity index (χ4n) is 14.3. The summed E-state index contributed by atoms with van der Waals surface area (Å²) in [6.45, 7) is 13.4. The molecule has 0 aliphatic heterocycles. The van der Waals surface area contributed by atoms with Gasteiger partial charge in [-0.1, -0.05) is 125 Å². The molecule has 2 unspecified atom stereocenters. The number of Topliss-reactive ketones (excluding diaryl/α,β-unsaturated/α-hetero) is 2. The summed E-state index contributed by atoms with van der Waals surface area (Å²) >= 11 is 7.37. The summed E-state index contributed by atoms with van der Waals surface area (Å²) in [5.74, 6) is -5.22. The number of fused-ring (bicyclic) bond motifs is 16. The van der Waals surface area contributed by atoms with Crippen molar-refractivity contribution in [2.45, 2.75) is 163 Å². The highest BCUT2D eigenvalue weighted by Crippen LogP contribution is 2.57. The molecule has 2 aliphatic rings. The molecule has 0 saturated heterocycles. The van der Waals surface area contributed by atoms with Gasteiger partial charge in [0.15, 0.2) is 40.6 Å². The number of ketones is 2. The number of ether oxygens (including phenoxy) is 3. The Morgan fingerprint density at radius 3 is 1.44 bits per heavy atom. The van der Waals surface area contributed by atoms with Crippen molar-refractivity contribution in [1.82, 2.24) is 17.9 Å². The SMILES string of the molecule is CCCCCCCCCCCc1c(/C=C2\C(=O)c3cc(F)c(F)cc3C2=C(C#N)C#N)sc2c1sc1c3c4nsnc4c4c5sc6c(OCCOCCOC)c(/C=C7\C(=O)c8cc(F)c(F)cc8C7=C(C#N)C#N)sc6c5n(CC(CC)CCCC)c4c3n(CC(CC)CCCC)c21. The number of rotatable bonds is 31. The van der Waals surface area contributed by atoms with Gasteiger partial charge in [-0.3, -0.25) is 9.59 Å². The fourth-order valence-corrected chi connectivity index (χ4v) is 20.6. The number of thiophene rings is 4. The lowest BCUT2D eigenvalue weighted by molar-refractivity contribution is 0.0547. The van der Waals surface area contributed by atoms with Gasteiger partial charge in [-0.2, -0.15) is 29.8 Å². The monoisotopic (exact) mass is 1410 g/mol. The number of halogens is 4. The zero-order valence-corrected chi connectivity index (χ0v) is 59.8. The Bertz CT molecular complexity index is 5100. The second kappa shape index (κ2) is 30.7. The molecule has 7 heterocycles. The second-order valence-electron chi connectivity index (χ2n) is 25.5. The summed E-state index contributed by atoms with van der Waals surface area (Å²) in [6.07, 6.45) is 21.9. The van der Waals surface area contributed by atoms with E-state index in [9.17, 15) is 30.6 Å². The van der Waals surface area contributed by atoms with Crippen LogP contribution in [0.15, 0.2) is 46.6 Å². The Morgan fingerprint density at radius 1 is 0.520 bits per heavy atom. The van der Waals surface area contributed by atoms with E-state index in [-0.39, 0.29) is 75.2 Å². The van der Waals surface area contributed by atoms with Gasteiger partial charge in [-0.15, -0.1) is 45.3 Å². The van der Waals surface area contributed by atoms with E-state index in [4.69, 9.17) is 23.0 Å². The average molecular weight is 1420 g/mol. The number of benzene rings is 3. The maximum atomic E-state index is 15.2. The summed E-state index contributed by atoms with van der Waals surface area (Å²) in [7, 11) is 1.59. The van der Waals surface area contributed by atoms with E-state index in [1.165, 1.54) is 43.4 Å². The number of carbonyl (C=O) groups is 2. The van der Waals surface area contributed by atoms with Crippen molar-refractivity contribution in [2.24, 2.45) is 11.8 Å². The summed E-state index contributed by atoms with van der Waals surface area (Å²) < 4.78 is 99.6. The summed E-state index contributed by atoms with van der Waals surface area (Å²) in [6, 6.07) is 11.1. The van der Waals surface area contributed by atoms with E-state index in [2.05, 4.69) is 43.8 Å². The lowest BCUT2D eigenvalue weighted by atomic mass is 9.98. The van der Waals surface area contributed by atoms with E-state index in [1.807, 2.05) is 24.3 Å². The number of nitrogens with zero attached hydrogens (tertiary/aromatic N) is 8. The van der Waals surface area contributed by atoms with Crippen molar-refractivity contribution in [3.8, 4) is 30.0 Å². The van der Waals surface area contributed by atoms with Crippen LogP contribution in [0.5, 0.6) is 5.75 Å². The number of hydrogen-bond acceptors (Lipinski definition) is 16. The normalized spacial score (nSPS) is 14.6. The van der Waals surface area contributed by atoms with Crippen LogP contribution in [-0.2, 0) is 29.0 Å². The Labute approximate surface area is 586 Å². The lowest BCUT2D eigenvalue weighted by Crippen LogP contribution is -2.13. The number of methoxy groups -OCH3 is 1. The van der Waals surface area contributed by atoms with Gasteiger partial charge >= 0.3 is 0 Å². The molecule has 10 aromatic rings. The maximum Gasteiger partial charge on any atom is 0.194 e. The summed E-state index contributed by atoms with van der Waals surface area (Å²) in [4.78, 5) is 30.6. The molecule has 0 N–H and O–H groups in total. The van der Waals surface area contributed by atoms with Gasteiger partial charge in [0.25, 0.3) is 0 Å². The first kappa shape index (κ1) is 70.0. The minimum atomic E-state index is -1.24. The van der Waals surface area contributed by atoms with Crippen molar-refractivity contribution in [2.75, 3.05) is 33.5 Å². The highest BCUT2D eigenvalue weighted by atomic mass is 32.1. The molecule has 0 saturated carbocycles. The van der Waals surface area contributed by atoms with Gasteiger partial charge in [0.2, 0.25) is 0 Å². The standard InChI is InChI=1S/C76H74F4N8O5S5/c1-7-12-15-16-17-18-19-20-21-24-45-56(33-50-58(43(35-81)36-82)46-29-52(77)54(79)31-48(46)68(50)89)94-74-66-72(96-71(45)74)60-62-63(86-98-85-62)61-65(64(60)87(66)39-41(10-4)22-13-8-2)88(40-42(11-5)23-14-9-3)67-73(61)97-76-70(93-28-27-92-26-25-91-6)57(95-75(67)76)34-51-59(44(37-83)38-84)47-30-53(78)55(80)32-49(47)69(51)90/h29-34,41-42H,7-28,39-40H2,1-6H3/b50-33-,51-34-. The first-order chi connectivity index (χ1) is 47.7. The molecule has 0 radical (unpaired) electrons. The zero-order chi connectivity index (χ0) is 69.1. The average Bonchev–Trinajstić information content (AvgIpc) is 1.51. The Hall–Kier alpha value is -7.90. The van der Waals surface area contributed by atoms with E-state index in [0.29, 0.717) is 43.4 Å². The minimum absolute atomic E-state index is 0.00636. The molecule has 7 aromatic heterocycles. The summed E-state index contributed by atoms with van der Waals surface area (Å²) in [5.41, 5.74) is 5.28. The van der Waals surface area contributed by atoms with Crippen LogP contribution in [0.3, 0.4) is 0 Å². The van der Waals surface area contributed by atoms with Crippen LogP contribution in [0.4, 0.5) is 17.6 Å². The molecular weight excluding hydrogens is 1340 g/mol. The van der Waals surface area contributed by atoms with Crippen molar-refractivity contribution in [3.63, 3.8) is 0 Å². The number of carbonyl (C=O) groups excluding carboxylic acids is 2. The number of unbranched alkanes of at least 4 members (excludes halogenated alkanes) is 10. The molecule has 2 aliphatic carbocycles. The molecule has 12 rings (SSSR count). The molecule has 13 nitrogen and oxygen atoms in total. The molecule has 2 atom stereocenters. The number of nitriles is 4. The fraction of sp³-hybridized carbons (Fsp3) is 0.421. The van der Waals surface area contributed by atoms with Gasteiger partial charge < -0.3 is 23.3 Å².